The summed E-state index contributed by atoms with van der Waals surface area (Å²) in [6.07, 6.45) is 9.48. The van der Waals surface area contributed by atoms with Crippen molar-refractivity contribution < 1.29 is 9.59 Å². The number of carbonyl (C=O) groups is 2. The normalized spacial score (nSPS) is 23.3. The summed E-state index contributed by atoms with van der Waals surface area (Å²) in [5.74, 6) is 1.75. The number of aryl methyl sites for hydroxylation is 2. The molecule has 2 saturated heterocycles. The molecule has 1 aliphatic carbocycles. The highest BCUT2D eigenvalue weighted by molar-refractivity contribution is 5.85. The summed E-state index contributed by atoms with van der Waals surface area (Å²) in [4.78, 5) is 30.6. The Morgan fingerprint density at radius 3 is 2.33 bits per heavy atom. The van der Waals surface area contributed by atoms with Gasteiger partial charge >= 0.3 is 0 Å². The molecule has 1 N–H and O–H groups in total. The van der Waals surface area contributed by atoms with Gasteiger partial charge in [0.1, 0.15) is 0 Å². The lowest BCUT2D eigenvalue weighted by Gasteiger charge is -2.45. The second-order valence-electron chi connectivity index (χ2n) is 11.3. The molecular weight excluding hydrogens is 410 g/mol. The molecule has 5 nitrogen and oxygen atoms in total. The highest BCUT2D eigenvalue weighted by Crippen LogP contribution is 2.36. The summed E-state index contributed by atoms with van der Waals surface area (Å²) in [5, 5.41) is 3.76. The van der Waals surface area contributed by atoms with Gasteiger partial charge in [-0.2, -0.15) is 0 Å². The first-order valence-corrected chi connectivity index (χ1v) is 13.2. The minimum Gasteiger partial charge on any atom is -0.342 e. The van der Waals surface area contributed by atoms with E-state index in [2.05, 4.69) is 61.0 Å². The van der Waals surface area contributed by atoms with E-state index in [9.17, 15) is 9.59 Å². The van der Waals surface area contributed by atoms with Crippen molar-refractivity contribution >= 4 is 11.8 Å². The van der Waals surface area contributed by atoms with Crippen LogP contribution < -0.4 is 5.32 Å². The van der Waals surface area contributed by atoms with E-state index in [4.69, 9.17) is 0 Å². The van der Waals surface area contributed by atoms with Crippen LogP contribution in [-0.2, 0) is 16.1 Å². The number of benzene rings is 1. The van der Waals surface area contributed by atoms with Crippen molar-refractivity contribution in [1.82, 2.24) is 15.1 Å². The minimum absolute atomic E-state index is 0.125. The van der Waals surface area contributed by atoms with Gasteiger partial charge in [0, 0.05) is 38.9 Å². The fourth-order valence-corrected chi connectivity index (χ4v) is 6.39. The fraction of sp³-hybridized carbons (Fsp3) is 0.714. The zero-order valence-corrected chi connectivity index (χ0v) is 21.2. The molecule has 33 heavy (non-hydrogen) atoms. The topological polar surface area (TPSA) is 52.7 Å². The van der Waals surface area contributed by atoms with Gasteiger partial charge in [-0.1, -0.05) is 68.9 Å². The number of piperidine rings is 1. The van der Waals surface area contributed by atoms with Gasteiger partial charge in [-0.25, -0.2) is 0 Å². The molecular formula is C28H43N3O2. The van der Waals surface area contributed by atoms with Crippen molar-refractivity contribution in [2.24, 2.45) is 11.8 Å². The Kier molecular flexibility index (Phi) is 7.47. The first-order valence-electron chi connectivity index (χ1n) is 13.2. The van der Waals surface area contributed by atoms with E-state index in [-0.39, 0.29) is 17.6 Å². The number of hydrogen-bond donors (Lipinski definition) is 1. The first kappa shape index (κ1) is 24.3. The minimum atomic E-state index is -0.337. The molecule has 1 saturated carbocycles. The molecule has 2 heterocycles. The van der Waals surface area contributed by atoms with E-state index < -0.39 is 0 Å². The molecule has 1 aromatic rings. The highest BCUT2D eigenvalue weighted by atomic mass is 16.2. The Morgan fingerprint density at radius 1 is 1.09 bits per heavy atom. The zero-order valence-electron chi connectivity index (χ0n) is 21.2. The number of likely N-dealkylation sites (tertiary alicyclic amines) is 1. The third kappa shape index (κ3) is 5.62. The molecule has 0 bridgehead atoms. The van der Waals surface area contributed by atoms with Crippen molar-refractivity contribution in [2.75, 3.05) is 13.1 Å². The van der Waals surface area contributed by atoms with Crippen LogP contribution in [0.25, 0.3) is 0 Å². The van der Waals surface area contributed by atoms with E-state index in [1.807, 2.05) is 0 Å². The Balaban J connectivity index is 1.45. The summed E-state index contributed by atoms with van der Waals surface area (Å²) in [7, 11) is 0. The number of hydrogen-bond acceptors (Lipinski definition) is 3. The lowest BCUT2D eigenvalue weighted by molar-refractivity contribution is -0.138. The molecule has 1 atom stereocenters. The molecule has 0 radical (unpaired) electrons. The van der Waals surface area contributed by atoms with Crippen LogP contribution in [0.15, 0.2) is 18.2 Å². The van der Waals surface area contributed by atoms with E-state index in [1.165, 1.54) is 42.4 Å². The van der Waals surface area contributed by atoms with Gasteiger partial charge in [0.05, 0.1) is 11.7 Å². The maximum Gasteiger partial charge on any atom is 0.241 e. The maximum absolute atomic E-state index is 13.5. The number of nitrogens with zero attached hydrogens (tertiary/aromatic N) is 2. The van der Waals surface area contributed by atoms with Gasteiger partial charge < -0.3 is 9.80 Å². The van der Waals surface area contributed by atoms with Crippen LogP contribution in [0.2, 0.25) is 0 Å². The summed E-state index contributed by atoms with van der Waals surface area (Å²) < 4.78 is 0. The molecule has 2 aliphatic heterocycles. The molecule has 182 valence electrons. The van der Waals surface area contributed by atoms with Gasteiger partial charge in [-0.15, -0.1) is 0 Å². The molecule has 1 spiro atoms. The molecule has 3 aliphatic rings. The summed E-state index contributed by atoms with van der Waals surface area (Å²) in [5.41, 5.74) is 3.33. The molecule has 2 amide bonds. The van der Waals surface area contributed by atoms with Crippen LogP contribution in [0.4, 0.5) is 0 Å². The molecule has 0 aromatic heterocycles. The van der Waals surface area contributed by atoms with Crippen LogP contribution in [-0.4, -0.2) is 46.4 Å². The van der Waals surface area contributed by atoms with Crippen molar-refractivity contribution in [2.45, 2.75) is 104 Å². The average Bonchev–Trinajstić information content (AvgIpc) is 3.35. The first-order chi connectivity index (χ1) is 15.8. The molecule has 4 rings (SSSR count). The number of amides is 2. The predicted octanol–water partition coefficient (Wildman–Crippen LogP) is 4.94. The quantitative estimate of drug-likeness (QED) is 0.636. The molecule has 5 heteroatoms. The predicted molar refractivity (Wildman–Crippen MR) is 133 cm³/mol. The van der Waals surface area contributed by atoms with Crippen LogP contribution in [0.5, 0.6) is 0 Å². The SMILES string of the molecule is Cc1cc(C)cc(CN2C(=O)C(CC(C)C)NC23CCN(C(=O)CCC2CCCC2)CC3)c1. The van der Waals surface area contributed by atoms with Crippen LogP contribution >= 0.6 is 0 Å². The Morgan fingerprint density at radius 2 is 1.73 bits per heavy atom. The second kappa shape index (κ2) is 10.2. The lowest BCUT2D eigenvalue weighted by atomic mass is 9.94. The summed E-state index contributed by atoms with van der Waals surface area (Å²) in [6.45, 7) is 10.7. The lowest BCUT2D eigenvalue weighted by Crippen LogP contribution is -2.59. The monoisotopic (exact) mass is 453 g/mol. The average molecular weight is 454 g/mol. The van der Waals surface area contributed by atoms with Gasteiger partial charge in [-0.05, 0) is 44.1 Å². The smallest absolute Gasteiger partial charge is 0.241 e. The Labute approximate surface area is 200 Å². The van der Waals surface area contributed by atoms with Crippen molar-refractivity contribution in [1.29, 1.82) is 0 Å². The molecule has 1 unspecified atom stereocenters. The van der Waals surface area contributed by atoms with Gasteiger partial charge in [0.2, 0.25) is 11.8 Å². The van der Waals surface area contributed by atoms with Gasteiger partial charge in [0.15, 0.2) is 0 Å². The fourth-order valence-electron chi connectivity index (χ4n) is 6.39. The maximum atomic E-state index is 13.5. The van der Waals surface area contributed by atoms with Crippen molar-refractivity contribution in [3.63, 3.8) is 0 Å². The molecule has 3 fully saturated rings. The van der Waals surface area contributed by atoms with E-state index >= 15 is 0 Å². The summed E-state index contributed by atoms with van der Waals surface area (Å²) in [6, 6.07) is 6.46. The van der Waals surface area contributed by atoms with Crippen molar-refractivity contribution in [3.8, 4) is 0 Å². The van der Waals surface area contributed by atoms with E-state index in [0.29, 0.717) is 24.8 Å². The zero-order chi connectivity index (χ0) is 23.6. The third-order valence-electron chi connectivity index (χ3n) is 8.04. The van der Waals surface area contributed by atoms with E-state index in [0.717, 1.165) is 44.7 Å². The highest BCUT2D eigenvalue weighted by Gasteiger charge is 2.51. The van der Waals surface area contributed by atoms with Gasteiger partial charge in [0.25, 0.3) is 0 Å². The Bertz CT molecular complexity index is 830. The number of nitrogens with one attached hydrogen (secondary N) is 1. The van der Waals surface area contributed by atoms with Gasteiger partial charge in [-0.3, -0.25) is 14.9 Å². The van der Waals surface area contributed by atoms with Crippen LogP contribution in [0.3, 0.4) is 0 Å². The standard InChI is InChI=1S/C28H43N3O2/c1-20(2)15-25-27(33)31(19-24-17-21(3)16-22(4)18-24)28(29-25)11-13-30(14-12-28)26(32)10-9-23-7-5-6-8-23/h16-18,20,23,25,29H,5-15,19H2,1-4H3. The Hall–Kier alpha value is -1.88. The van der Waals surface area contributed by atoms with E-state index in [1.54, 1.807) is 0 Å². The number of rotatable bonds is 7. The van der Waals surface area contributed by atoms with Crippen molar-refractivity contribution in [3.05, 3.63) is 34.9 Å². The van der Waals surface area contributed by atoms with Crippen LogP contribution in [0.1, 0.15) is 88.3 Å². The third-order valence-corrected chi connectivity index (χ3v) is 8.04. The number of carbonyl (C=O) groups excluding carboxylic acids is 2. The van der Waals surface area contributed by atoms with Crippen LogP contribution in [0, 0.1) is 25.7 Å². The summed E-state index contributed by atoms with van der Waals surface area (Å²) >= 11 is 0. The molecule has 1 aromatic carbocycles. The largest absolute Gasteiger partial charge is 0.342 e. The second-order valence-corrected chi connectivity index (χ2v) is 11.3.